The predicted molar refractivity (Wildman–Crippen MR) is 107 cm³/mol. The number of hydrazone groups is 1. The summed E-state index contributed by atoms with van der Waals surface area (Å²) >= 11 is 0. The summed E-state index contributed by atoms with van der Waals surface area (Å²) in [4.78, 5) is 12.0. The van der Waals surface area contributed by atoms with E-state index in [1.165, 1.54) is 16.7 Å². The predicted octanol–water partition coefficient (Wildman–Crippen LogP) is 4.52. The minimum absolute atomic E-state index is 0.0709. The molecule has 2 rings (SSSR count). The van der Waals surface area contributed by atoms with Gasteiger partial charge in [-0.15, -0.1) is 0 Å². The van der Waals surface area contributed by atoms with Gasteiger partial charge in [-0.2, -0.15) is 5.10 Å². The highest BCUT2D eigenvalue weighted by Gasteiger charge is 2.13. The number of carbonyl (C=O) groups is 1. The summed E-state index contributed by atoms with van der Waals surface area (Å²) < 4.78 is 5.53. The van der Waals surface area contributed by atoms with Crippen LogP contribution >= 0.6 is 0 Å². The van der Waals surface area contributed by atoms with Crippen LogP contribution in [-0.4, -0.2) is 18.2 Å². The van der Waals surface area contributed by atoms with Crippen molar-refractivity contribution in [3.05, 3.63) is 64.7 Å². The third-order valence-corrected chi connectivity index (χ3v) is 4.36. The van der Waals surface area contributed by atoms with Crippen LogP contribution in [0.2, 0.25) is 0 Å². The SMILES string of the molecule is C/C(=N/NC(=O)COc1ccc(C(C)(C)C)cc1)c1ccc(C)c(C)c1. The number of aryl methyl sites for hydroxylation is 2. The van der Waals surface area contributed by atoms with E-state index in [-0.39, 0.29) is 17.9 Å². The number of hydrogen-bond acceptors (Lipinski definition) is 3. The molecule has 0 saturated heterocycles. The Hall–Kier alpha value is -2.62. The molecule has 0 unspecified atom stereocenters. The number of nitrogens with one attached hydrogen (secondary N) is 1. The van der Waals surface area contributed by atoms with Crippen molar-refractivity contribution in [2.75, 3.05) is 6.61 Å². The lowest BCUT2D eigenvalue weighted by Crippen LogP contribution is -2.25. The molecule has 4 heteroatoms. The molecule has 0 bridgehead atoms. The van der Waals surface area contributed by atoms with Gasteiger partial charge >= 0.3 is 0 Å². The van der Waals surface area contributed by atoms with Crippen LogP contribution in [0.3, 0.4) is 0 Å². The Bertz CT molecular complexity index is 800. The molecule has 138 valence electrons. The van der Waals surface area contributed by atoms with Gasteiger partial charge in [0.05, 0.1) is 5.71 Å². The zero-order chi connectivity index (χ0) is 19.3. The maximum atomic E-state index is 12.0. The van der Waals surface area contributed by atoms with E-state index in [4.69, 9.17) is 4.74 Å². The van der Waals surface area contributed by atoms with Crippen molar-refractivity contribution in [1.29, 1.82) is 0 Å². The number of nitrogens with zero attached hydrogens (tertiary/aromatic N) is 1. The lowest BCUT2D eigenvalue weighted by Gasteiger charge is -2.19. The van der Waals surface area contributed by atoms with E-state index in [0.717, 1.165) is 11.3 Å². The number of rotatable bonds is 5. The zero-order valence-corrected chi connectivity index (χ0v) is 16.5. The van der Waals surface area contributed by atoms with Gasteiger partial charge < -0.3 is 4.74 Å². The molecule has 1 amide bonds. The van der Waals surface area contributed by atoms with E-state index in [0.29, 0.717) is 5.75 Å². The van der Waals surface area contributed by atoms with Crippen LogP contribution in [0.1, 0.15) is 49.9 Å². The molecule has 0 spiro atoms. The van der Waals surface area contributed by atoms with Gasteiger partial charge in [-0.3, -0.25) is 4.79 Å². The van der Waals surface area contributed by atoms with Crippen molar-refractivity contribution in [3.63, 3.8) is 0 Å². The van der Waals surface area contributed by atoms with E-state index >= 15 is 0 Å². The fourth-order valence-corrected chi connectivity index (χ4v) is 2.41. The van der Waals surface area contributed by atoms with Crippen molar-refractivity contribution in [1.82, 2.24) is 5.43 Å². The molecule has 0 atom stereocenters. The third-order valence-electron chi connectivity index (χ3n) is 4.36. The van der Waals surface area contributed by atoms with Gasteiger partial charge in [-0.1, -0.05) is 45.0 Å². The molecule has 4 nitrogen and oxygen atoms in total. The number of carbonyl (C=O) groups excluding carboxylic acids is 1. The maximum Gasteiger partial charge on any atom is 0.277 e. The average Bonchev–Trinajstić information content (AvgIpc) is 2.59. The fourth-order valence-electron chi connectivity index (χ4n) is 2.41. The van der Waals surface area contributed by atoms with Crippen LogP contribution in [-0.2, 0) is 10.2 Å². The molecule has 0 aliphatic rings. The van der Waals surface area contributed by atoms with Crippen molar-refractivity contribution in [2.24, 2.45) is 5.10 Å². The molecule has 2 aromatic rings. The molecule has 0 fully saturated rings. The molecule has 2 aromatic carbocycles. The Kier molecular flexibility index (Phi) is 6.19. The molecule has 0 heterocycles. The first kappa shape index (κ1) is 19.7. The molecular formula is C22H28N2O2. The lowest BCUT2D eigenvalue weighted by atomic mass is 9.87. The summed E-state index contributed by atoms with van der Waals surface area (Å²) in [5, 5.41) is 4.16. The largest absolute Gasteiger partial charge is 0.484 e. The van der Waals surface area contributed by atoms with Crippen molar-refractivity contribution in [2.45, 2.75) is 47.0 Å². The summed E-state index contributed by atoms with van der Waals surface area (Å²) in [6, 6.07) is 13.9. The highest BCUT2D eigenvalue weighted by molar-refractivity contribution is 5.99. The number of ether oxygens (including phenoxy) is 1. The second-order valence-corrected chi connectivity index (χ2v) is 7.59. The first-order valence-corrected chi connectivity index (χ1v) is 8.81. The van der Waals surface area contributed by atoms with Gasteiger partial charge in [0.1, 0.15) is 5.75 Å². The van der Waals surface area contributed by atoms with E-state index in [1.807, 2.05) is 37.3 Å². The minimum Gasteiger partial charge on any atom is -0.484 e. The summed E-state index contributed by atoms with van der Waals surface area (Å²) in [6.45, 7) is 12.4. The average molecular weight is 352 g/mol. The Morgan fingerprint density at radius 3 is 2.27 bits per heavy atom. The zero-order valence-electron chi connectivity index (χ0n) is 16.5. The Morgan fingerprint density at radius 1 is 1.04 bits per heavy atom. The number of amides is 1. The Labute approximate surface area is 156 Å². The van der Waals surface area contributed by atoms with Gasteiger partial charge in [-0.05, 0) is 66.6 Å². The second-order valence-electron chi connectivity index (χ2n) is 7.59. The summed E-state index contributed by atoms with van der Waals surface area (Å²) in [5.74, 6) is 0.385. The van der Waals surface area contributed by atoms with Crippen LogP contribution in [0, 0.1) is 13.8 Å². The second kappa shape index (κ2) is 8.17. The van der Waals surface area contributed by atoms with E-state index in [1.54, 1.807) is 0 Å². The number of benzene rings is 2. The van der Waals surface area contributed by atoms with Gasteiger partial charge in [0.15, 0.2) is 6.61 Å². The number of hydrogen-bond donors (Lipinski definition) is 1. The van der Waals surface area contributed by atoms with Crippen LogP contribution < -0.4 is 10.2 Å². The fraction of sp³-hybridized carbons (Fsp3) is 0.364. The molecule has 0 aromatic heterocycles. The van der Waals surface area contributed by atoms with Crippen LogP contribution in [0.5, 0.6) is 5.75 Å². The molecule has 1 N–H and O–H groups in total. The first-order chi connectivity index (χ1) is 12.2. The minimum atomic E-state index is -0.284. The van der Waals surface area contributed by atoms with Gasteiger partial charge in [0.25, 0.3) is 5.91 Å². The smallest absolute Gasteiger partial charge is 0.277 e. The topological polar surface area (TPSA) is 50.7 Å². The molecule has 0 aliphatic carbocycles. The molecule has 0 radical (unpaired) electrons. The summed E-state index contributed by atoms with van der Waals surface area (Å²) in [6.07, 6.45) is 0. The molecule has 0 aliphatic heterocycles. The van der Waals surface area contributed by atoms with Crippen LogP contribution in [0.15, 0.2) is 47.6 Å². The molecule has 0 saturated carbocycles. The third kappa shape index (κ3) is 5.45. The maximum absolute atomic E-state index is 12.0. The Balaban J connectivity index is 1.89. The molecule has 26 heavy (non-hydrogen) atoms. The van der Waals surface area contributed by atoms with Gasteiger partial charge in [0, 0.05) is 0 Å². The van der Waals surface area contributed by atoms with Crippen LogP contribution in [0.4, 0.5) is 0 Å². The first-order valence-electron chi connectivity index (χ1n) is 8.81. The lowest BCUT2D eigenvalue weighted by molar-refractivity contribution is -0.123. The van der Waals surface area contributed by atoms with E-state index in [9.17, 15) is 4.79 Å². The van der Waals surface area contributed by atoms with Gasteiger partial charge in [-0.25, -0.2) is 5.43 Å². The Morgan fingerprint density at radius 2 is 1.69 bits per heavy atom. The van der Waals surface area contributed by atoms with E-state index in [2.05, 4.69) is 57.3 Å². The van der Waals surface area contributed by atoms with Crippen LogP contribution in [0.25, 0.3) is 0 Å². The van der Waals surface area contributed by atoms with Gasteiger partial charge in [0.2, 0.25) is 0 Å². The quantitative estimate of drug-likeness (QED) is 0.635. The monoisotopic (exact) mass is 352 g/mol. The summed E-state index contributed by atoms with van der Waals surface area (Å²) in [7, 11) is 0. The normalized spacial score (nSPS) is 12.0. The molecular weight excluding hydrogens is 324 g/mol. The standard InChI is InChI=1S/C22H28N2O2/c1-15-7-8-18(13-16(15)2)17(3)23-24-21(25)14-26-20-11-9-19(10-12-20)22(4,5)6/h7-13H,14H2,1-6H3,(H,24,25)/b23-17-. The highest BCUT2D eigenvalue weighted by Crippen LogP contribution is 2.24. The summed E-state index contributed by atoms with van der Waals surface area (Å²) in [5.41, 5.74) is 8.05. The van der Waals surface area contributed by atoms with E-state index < -0.39 is 0 Å². The highest BCUT2D eigenvalue weighted by atomic mass is 16.5. The van der Waals surface area contributed by atoms with Crippen molar-refractivity contribution in [3.8, 4) is 5.75 Å². The van der Waals surface area contributed by atoms with Crippen molar-refractivity contribution >= 4 is 11.6 Å². The van der Waals surface area contributed by atoms with Crippen molar-refractivity contribution < 1.29 is 9.53 Å².